The Morgan fingerprint density at radius 2 is 1.79 bits per heavy atom. The number of aromatic nitrogens is 3. The number of hydroxylamine groups is 2. The minimum Gasteiger partial charge on any atom is -0.465 e. The zero-order valence-electron chi connectivity index (χ0n) is 26.8. The van der Waals surface area contributed by atoms with E-state index in [1.807, 2.05) is 65.0 Å². The van der Waals surface area contributed by atoms with Crippen LogP contribution in [0.25, 0.3) is 5.69 Å². The summed E-state index contributed by atoms with van der Waals surface area (Å²) in [6.45, 7) is 10.9. The number of methoxy groups -OCH3 is 1. The van der Waals surface area contributed by atoms with E-state index in [-0.39, 0.29) is 36.4 Å². The Morgan fingerprint density at radius 3 is 2.35 bits per heavy atom. The SMILES string of the molecule is COCCCCc1c(C(=O)N(CC(C)C)[C@H]2C[C@@H](C(=O)N(C)OC)CN(C(=O)O)C2C(C)(C)C)nnn1-c1ccccc1. The van der Waals surface area contributed by atoms with Crippen molar-refractivity contribution in [2.24, 2.45) is 17.3 Å². The molecule has 12 nitrogen and oxygen atoms in total. The second-order valence-corrected chi connectivity index (χ2v) is 12.7. The molecule has 3 atom stereocenters. The van der Waals surface area contributed by atoms with Crippen LogP contribution < -0.4 is 0 Å². The van der Waals surface area contributed by atoms with Gasteiger partial charge in [0.25, 0.3) is 11.8 Å². The van der Waals surface area contributed by atoms with Gasteiger partial charge in [0.05, 0.1) is 36.5 Å². The predicted octanol–water partition coefficient (Wildman–Crippen LogP) is 4.14. The Kier molecular flexibility index (Phi) is 11.7. The summed E-state index contributed by atoms with van der Waals surface area (Å²) in [7, 11) is 4.56. The average molecular weight is 601 g/mol. The number of amides is 3. The third kappa shape index (κ3) is 8.11. The number of nitrogens with zero attached hydrogens (tertiary/aromatic N) is 6. The number of hydrogen-bond donors (Lipinski definition) is 1. The largest absolute Gasteiger partial charge is 0.465 e. The van der Waals surface area contributed by atoms with Crippen molar-refractivity contribution in [2.45, 2.75) is 72.4 Å². The van der Waals surface area contributed by atoms with Crippen molar-refractivity contribution in [2.75, 3.05) is 41.0 Å². The number of piperidine rings is 1. The maximum Gasteiger partial charge on any atom is 0.407 e. The Morgan fingerprint density at radius 1 is 1.12 bits per heavy atom. The van der Waals surface area contributed by atoms with Crippen molar-refractivity contribution in [3.63, 3.8) is 0 Å². The van der Waals surface area contributed by atoms with E-state index in [0.29, 0.717) is 25.3 Å². The first-order valence-corrected chi connectivity index (χ1v) is 14.9. The molecule has 238 valence electrons. The highest BCUT2D eigenvalue weighted by atomic mass is 16.7. The zero-order chi connectivity index (χ0) is 31.9. The van der Waals surface area contributed by atoms with Gasteiger partial charge < -0.3 is 19.6 Å². The second-order valence-electron chi connectivity index (χ2n) is 12.7. The van der Waals surface area contributed by atoms with Crippen LogP contribution >= 0.6 is 0 Å². The summed E-state index contributed by atoms with van der Waals surface area (Å²) in [6, 6.07) is 8.39. The highest BCUT2D eigenvalue weighted by molar-refractivity contribution is 5.94. The third-order valence-corrected chi connectivity index (χ3v) is 7.91. The number of ether oxygens (including phenoxy) is 1. The van der Waals surface area contributed by atoms with Crippen LogP contribution in [0, 0.1) is 17.3 Å². The molecule has 1 aliphatic heterocycles. The van der Waals surface area contributed by atoms with Crippen LogP contribution in [0.5, 0.6) is 0 Å². The molecule has 43 heavy (non-hydrogen) atoms. The zero-order valence-corrected chi connectivity index (χ0v) is 26.8. The Bertz CT molecular complexity index is 1230. The quantitative estimate of drug-likeness (QED) is 0.284. The standard InChI is InChI=1S/C31H48N6O6/c1-21(2)19-35(25-18-22(28(38)34(6)43-8)20-36(30(40)41)27(25)31(3,4)5)29(39)26-24(16-12-13-17-42-7)37(33-32-26)23-14-10-9-11-15-23/h9-11,14-15,21-22,25,27H,12-13,16-20H2,1-8H3,(H,40,41)/t22-,25+,27?/m1/s1. The molecule has 3 amide bonds. The van der Waals surface area contributed by atoms with E-state index in [0.717, 1.165) is 23.6 Å². The molecule has 2 heterocycles. The first-order valence-electron chi connectivity index (χ1n) is 14.9. The molecule has 0 radical (unpaired) electrons. The fourth-order valence-corrected chi connectivity index (χ4v) is 6.02. The van der Waals surface area contributed by atoms with Gasteiger partial charge in [-0.2, -0.15) is 0 Å². The van der Waals surface area contributed by atoms with Crippen molar-refractivity contribution in [1.29, 1.82) is 0 Å². The normalized spacial score (nSPS) is 19.0. The number of rotatable bonds is 12. The Labute approximate surface area is 254 Å². The van der Waals surface area contributed by atoms with Gasteiger partial charge in [-0.15, -0.1) is 5.10 Å². The highest BCUT2D eigenvalue weighted by Crippen LogP contribution is 2.38. The molecule has 1 aromatic heterocycles. The number of likely N-dealkylation sites (tertiary alicyclic amines) is 1. The predicted molar refractivity (Wildman–Crippen MR) is 162 cm³/mol. The summed E-state index contributed by atoms with van der Waals surface area (Å²) in [5.74, 6) is -1.29. The number of carbonyl (C=O) groups excluding carboxylic acids is 2. The lowest BCUT2D eigenvalue weighted by Gasteiger charge is -2.52. The lowest BCUT2D eigenvalue weighted by molar-refractivity contribution is -0.177. The van der Waals surface area contributed by atoms with E-state index in [1.165, 1.54) is 19.1 Å². The molecule has 0 aliphatic carbocycles. The Balaban J connectivity index is 2.14. The summed E-state index contributed by atoms with van der Waals surface area (Å²) in [5.41, 5.74) is 1.18. The Hall–Kier alpha value is -3.51. The molecule has 3 rings (SSSR count). The molecule has 1 aliphatic rings. The smallest absolute Gasteiger partial charge is 0.407 e. The first kappa shape index (κ1) is 34.0. The molecular weight excluding hydrogens is 552 g/mol. The van der Waals surface area contributed by atoms with Gasteiger partial charge in [0.15, 0.2) is 5.69 Å². The van der Waals surface area contributed by atoms with Gasteiger partial charge in [0.1, 0.15) is 0 Å². The number of hydrogen-bond acceptors (Lipinski definition) is 7. The second kappa shape index (κ2) is 14.8. The molecule has 1 N–H and O–H groups in total. The lowest BCUT2D eigenvalue weighted by Crippen LogP contribution is -2.66. The molecule has 1 saturated heterocycles. The van der Waals surface area contributed by atoms with E-state index in [9.17, 15) is 19.5 Å². The molecule has 1 fully saturated rings. The van der Waals surface area contributed by atoms with Gasteiger partial charge in [-0.25, -0.2) is 14.5 Å². The topological polar surface area (TPSA) is 130 Å². The number of carboxylic acid groups (broad SMARTS) is 1. The maximum atomic E-state index is 14.6. The fourth-order valence-electron chi connectivity index (χ4n) is 6.02. The van der Waals surface area contributed by atoms with Crippen molar-refractivity contribution in [3.8, 4) is 5.69 Å². The van der Waals surface area contributed by atoms with Crippen molar-refractivity contribution < 1.29 is 29.1 Å². The van der Waals surface area contributed by atoms with E-state index < -0.39 is 29.5 Å². The van der Waals surface area contributed by atoms with Crippen LogP contribution in [-0.4, -0.2) is 106 Å². The van der Waals surface area contributed by atoms with E-state index >= 15 is 0 Å². The summed E-state index contributed by atoms with van der Waals surface area (Å²) in [6.07, 6.45) is 1.27. The summed E-state index contributed by atoms with van der Waals surface area (Å²) in [5, 5.41) is 20.3. The van der Waals surface area contributed by atoms with E-state index in [2.05, 4.69) is 10.3 Å². The lowest BCUT2D eigenvalue weighted by atomic mass is 9.74. The highest BCUT2D eigenvalue weighted by Gasteiger charge is 2.50. The van der Waals surface area contributed by atoms with Crippen LogP contribution in [0.15, 0.2) is 30.3 Å². The van der Waals surface area contributed by atoms with Crippen LogP contribution in [0.1, 0.15) is 70.1 Å². The van der Waals surface area contributed by atoms with Crippen LogP contribution in [0.4, 0.5) is 4.79 Å². The van der Waals surface area contributed by atoms with Crippen LogP contribution in [0.3, 0.4) is 0 Å². The molecule has 0 bridgehead atoms. The van der Waals surface area contributed by atoms with Crippen LogP contribution in [0.2, 0.25) is 0 Å². The number of para-hydroxylation sites is 1. The summed E-state index contributed by atoms with van der Waals surface area (Å²) < 4.78 is 6.94. The van der Waals surface area contributed by atoms with E-state index in [4.69, 9.17) is 9.57 Å². The van der Waals surface area contributed by atoms with E-state index in [1.54, 1.807) is 16.7 Å². The third-order valence-electron chi connectivity index (χ3n) is 7.91. The van der Waals surface area contributed by atoms with Gasteiger partial charge in [0, 0.05) is 33.9 Å². The minimum atomic E-state index is -1.13. The molecule has 0 spiro atoms. The number of carbonyl (C=O) groups is 3. The summed E-state index contributed by atoms with van der Waals surface area (Å²) in [4.78, 5) is 48.8. The van der Waals surface area contributed by atoms with Crippen molar-refractivity contribution in [1.82, 2.24) is 29.9 Å². The van der Waals surface area contributed by atoms with Gasteiger partial charge in [-0.3, -0.25) is 14.4 Å². The average Bonchev–Trinajstić information content (AvgIpc) is 3.39. The monoisotopic (exact) mass is 600 g/mol. The molecular formula is C31H48N6O6. The van der Waals surface area contributed by atoms with Crippen LogP contribution in [-0.2, 0) is 20.8 Å². The fraction of sp³-hybridized carbons (Fsp3) is 0.645. The first-order chi connectivity index (χ1) is 20.3. The summed E-state index contributed by atoms with van der Waals surface area (Å²) >= 11 is 0. The number of benzene rings is 1. The van der Waals surface area contributed by atoms with Gasteiger partial charge in [-0.05, 0) is 49.1 Å². The van der Waals surface area contributed by atoms with Gasteiger partial charge in [-0.1, -0.05) is 58.0 Å². The molecule has 1 unspecified atom stereocenters. The van der Waals surface area contributed by atoms with Crippen molar-refractivity contribution in [3.05, 3.63) is 41.7 Å². The number of unbranched alkanes of at least 4 members (excludes halogenated alkanes) is 1. The molecule has 0 saturated carbocycles. The molecule has 12 heteroatoms. The van der Waals surface area contributed by atoms with Gasteiger partial charge >= 0.3 is 6.09 Å². The maximum absolute atomic E-state index is 14.6. The van der Waals surface area contributed by atoms with Gasteiger partial charge in [0.2, 0.25) is 0 Å². The minimum absolute atomic E-state index is 0.0128. The molecule has 1 aromatic carbocycles. The van der Waals surface area contributed by atoms with Crippen molar-refractivity contribution >= 4 is 17.9 Å². The molecule has 2 aromatic rings.